The molecule has 4 heteroatoms. The van der Waals surface area contributed by atoms with Crippen LogP contribution in [0.15, 0.2) is 22.8 Å². The Bertz CT molecular complexity index is 459. The lowest BCUT2D eigenvalue weighted by Gasteiger charge is -2.38. The molecule has 1 aromatic rings. The van der Waals surface area contributed by atoms with Crippen LogP contribution < -0.4 is 0 Å². The van der Waals surface area contributed by atoms with Gasteiger partial charge in [-0.15, -0.1) is 0 Å². The highest BCUT2D eigenvalue weighted by Crippen LogP contribution is 2.34. The van der Waals surface area contributed by atoms with Gasteiger partial charge in [-0.25, -0.2) is 4.98 Å². The average Bonchev–Trinajstić information content (AvgIpc) is 2.37. The summed E-state index contributed by atoms with van der Waals surface area (Å²) in [6.07, 6.45) is 2.17. The molecule has 0 aliphatic carbocycles. The van der Waals surface area contributed by atoms with Gasteiger partial charge in [0.25, 0.3) is 5.91 Å². The molecule has 1 fully saturated rings. The minimum absolute atomic E-state index is 0.0497. The highest BCUT2D eigenvalue weighted by molar-refractivity contribution is 9.10. The summed E-state index contributed by atoms with van der Waals surface area (Å²) >= 11 is 3.31. The van der Waals surface area contributed by atoms with Gasteiger partial charge in [-0.3, -0.25) is 4.79 Å². The van der Waals surface area contributed by atoms with E-state index in [1.54, 1.807) is 6.07 Å². The minimum Gasteiger partial charge on any atom is -0.337 e. The van der Waals surface area contributed by atoms with Crippen molar-refractivity contribution in [2.75, 3.05) is 13.1 Å². The lowest BCUT2D eigenvalue weighted by atomic mass is 9.75. The number of hydrogen-bond acceptors (Lipinski definition) is 2. The number of hydrogen-bond donors (Lipinski definition) is 0. The Hall–Kier alpha value is -0.900. The maximum absolute atomic E-state index is 12.4. The predicted molar refractivity (Wildman–Crippen MR) is 80.0 cm³/mol. The van der Waals surface area contributed by atoms with E-state index in [0.29, 0.717) is 21.6 Å². The molecule has 2 heterocycles. The molecule has 1 aromatic heterocycles. The van der Waals surface area contributed by atoms with Crippen LogP contribution in [0, 0.1) is 11.3 Å². The van der Waals surface area contributed by atoms with Crippen LogP contribution in [0.2, 0.25) is 0 Å². The summed E-state index contributed by atoms with van der Waals surface area (Å²) < 4.78 is 0.711. The number of carbonyl (C=O) groups is 1. The van der Waals surface area contributed by atoms with Gasteiger partial charge in [0.15, 0.2) is 0 Å². The van der Waals surface area contributed by atoms with Crippen molar-refractivity contribution in [3.8, 4) is 0 Å². The number of halogens is 1. The Balaban J connectivity index is 2.00. The number of carbonyl (C=O) groups excluding carboxylic acids is 1. The van der Waals surface area contributed by atoms with E-state index < -0.39 is 0 Å². The SMILES string of the molecule is CC(C)(C)C1CCN(C(=O)c2cccc(Br)n2)CC1. The third-order valence-corrected chi connectivity index (χ3v) is 4.38. The standard InChI is InChI=1S/C15H21BrN2O/c1-15(2,3)11-7-9-18(10-8-11)14(19)12-5-4-6-13(16)17-12/h4-6,11H,7-10H2,1-3H3. The Kier molecular flexibility index (Phi) is 4.29. The fourth-order valence-corrected chi connectivity index (χ4v) is 2.98. The average molecular weight is 325 g/mol. The Labute approximate surface area is 123 Å². The van der Waals surface area contributed by atoms with Gasteiger partial charge in [-0.1, -0.05) is 26.8 Å². The topological polar surface area (TPSA) is 33.2 Å². The molecule has 0 saturated carbocycles. The smallest absolute Gasteiger partial charge is 0.272 e. The molecule has 3 nitrogen and oxygen atoms in total. The van der Waals surface area contributed by atoms with Gasteiger partial charge in [-0.05, 0) is 52.2 Å². The van der Waals surface area contributed by atoms with Crippen LogP contribution >= 0.6 is 15.9 Å². The second kappa shape index (κ2) is 5.61. The first-order chi connectivity index (χ1) is 8.88. The van der Waals surface area contributed by atoms with Gasteiger partial charge in [0.05, 0.1) is 0 Å². The Morgan fingerprint density at radius 1 is 1.32 bits per heavy atom. The quantitative estimate of drug-likeness (QED) is 0.737. The van der Waals surface area contributed by atoms with Crippen molar-refractivity contribution in [1.82, 2.24) is 9.88 Å². The van der Waals surface area contributed by atoms with E-state index in [1.807, 2.05) is 17.0 Å². The van der Waals surface area contributed by atoms with Crippen molar-refractivity contribution >= 4 is 21.8 Å². The highest BCUT2D eigenvalue weighted by atomic mass is 79.9. The van der Waals surface area contributed by atoms with Crippen molar-refractivity contribution in [2.24, 2.45) is 11.3 Å². The lowest BCUT2D eigenvalue weighted by molar-refractivity contribution is 0.0603. The summed E-state index contributed by atoms with van der Waals surface area (Å²) in [4.78, 5) is 18.5. The molecule has 0 spiro atoms. The first kappa shape index (κ1) is 14.5. The second-order valence-electron chi connectivity index (χ2n) is 6.28. The summed E-state index contributed by atoms with van der Waals surface area (Å²) in [5.74, 6) is 0.751. The normalized spacial score (nSPS) is 17.6. The summed E-state index contributed by atoms with van der Waals surface area (Å²) in [5, 5.41) is 0. The van der Waals surface area contributed by atoms with Gasteiger partial charge in [-0.2, -0.15) is 0 Å². The second-order valence-corrected chi connectivity index (χ2v) is 7.09. The molecule has 0 radical (unpaired) electrons. The molecule has 2 rings (SSSR count). The van der Waals surface area contributed by atoms with Crippen molar-refractivity contribution in [2.45, 2.75) is 33.6 Å². The number of nitrogens with zero attached hydrogens (tertiary/aromatic N) is 2. The number of likely N-dealkylation sites (tertiary alicyclic amines) is 1. The highest BCUT2D eigenvalue weighted by Gasteiger charge is 2.30. The molecule has 0 N–H and O–H groups in total. The van der Waals surface area contributed by atoms with Crippen LogP contribution in [-0.2, 0) is 0 Å². The van der Waals surface area contributed by atoms with E-state index in [1.165, 1.54) is 0 Å². The van der Waals surface area contributed by atoms with Crippen molar-refractivity contribution < 1.29 is 4.79 Å². The molecule has 0 aromatic carbocycles. The first-order valence-corrected chi connectivity index (χ1v) is 7.59. The number of rotatable bonds is 1. The molecular weight excluding hydrogens is 304 g/mol. The number of piperidine rings is 1. The Morgan fingerprint density at radius 2 is 1.95 bits per heavy atom. The first-order valence-electron chi connectivity index (χ1n) is 6.80. The van der Waals surface area contributed by atoms with Crippen LogP contribution in [0.5, 0.6) is 0 Å². The van der Waals surface area contributed by atoms with E-state index in [9.17, 15) is 4.79 Å². The summed E-state index contributed by atoms with van der Waals surface area (Å²) in [6.45, 7) is 8.53. The zero-order chi connectivity index (χ0) is 14.0. The molecule has 0 unspecified atom stereocenters. The maximum atomic E-state index is 12.4. The van der Waals surface area contributed by atoms with Gasteiger partial charge >= 0.3 is 0 Å². The van der Waals surface area contributed by atoms with Gasteiger partial charge in [0.1, 0.15) is 10.3 Å². The largest absolute Gasteiger partial charge is 0.337 e. The third kappa shape index (κ3) is 3.56. The molecule has 1 amide bonds. The molecular formula is C15H21BrN2O. The number of amides is 1. The van der Waals surface area contributed by atoms with Gasteiger partial charge in [0.2, 0.25) is 0 Å². The van der Waals surface area contributed by atoms with E-state index in [4.69, 9.17) is 0 Å². The summed E-state index contributed by atoms with van der Waals surface area (Å²) in [6, 6.07) is 5.47. The van der Waals surface area contributed by atoms with Crippen LogP contribution in [0.3, 0.4) is 0 Å². The minimum atomic E-state index is 0.0497. The fourth-order valence-electron chi connectivity index (χ4n) is 2.64. The molecule has 0 bridgehead atoms. The molecule has 1 aliphatic rings. The zero-order valence-corrected chi connectivity index (χ0v) is 13.4. The van der Waals surface area contributed by atoms with Crippen LogP contribution in [0.25, 0.3) is 0 Å². The van der Waals surface area contributed by atoms with Crippen molar-refractivity contribution in [1.29, 1.82) is 0 Å². The maximum Gasteiger partial charge on any atom is 0.272 e. The lowest BCUT2D eigenvalue weighted by Crippen LogP contribution is -2.41. The Morgan fingerprint density at radius 3 is 2.47 bits per heavy atom. The molecule has 104 valence electrons. The molecule has 19 heavy (non-hydrogen) atoms. The molecule has 1 aliphatic heterocycles. The van der Waals surface area contributed by atoms with Crippen molar-refractivity contribution in [3.63, 3.8) is 0 Å². The third-order valence-electron chi connectivity index (χ3n) is 3.94. The zero-order valence-electron chi connectivity index (χ0n) is 11.8. The summed E-state index contributed by atoms with van der Waals surface area (Å²) in [7, 11) is 0. The summed E-state index contributed by atoms with van der Waals surface area (Å²) in [5.41, 5.74) is 0.868. The fraction of sp³-hybridized carbons (Fsp3) is 0.600. The van der Waals surface area contributed by atoms with E-state index in [0.717, 1.165) is 25.9 Å². The molecule has 0 atom stereocenters. The van der Waals surface area contributed by atoms with Gasteiger partial charge < -0.3 is 4.90 Å². The van der Waals surface area contributed by atoms with Gasteiger partial charge in [0, 0.05) is 13.1 Å². The van der Waals surface area contributed by atoms with E-state index >= 15 is 0 Å². The predicted octanol–water partition coefficient (Wildman–Crippen LogP) is 3.74. The number of pyridine rings is 1. The van der Waals surface area contributed by atoms with Crippen LogP contribution in [0.1, 0.15) is 44.1 Å². The van der Waals surface area contributed by atoms with Crippen molar-refractivity contribution in [3.05, 3.63) is 28.5 Å². The van der Waals surface area contributed by atoms with E-state index in [2.05, 4.69) is 41.7 Å². The van der Waals surface area contributed by atoms with E-state index in [-0.39, 0.29) is 5.91 Å². The van der Waals surface area contributed by atoms with Crippen LogP contribution in [-0.4, -0.2) is 28.9 Å². The van der Waals surface area contributed by atoms with Crippen LogP contribution in [0.4, 0.5) is 0 Å². The molecule has 1 saturated heterocycles. The monoisotopic (exact) mass is 324 g/mol. The number of aromatic nitrogens is 1.